The highest BCUT2D eigenvalue weighted by Crippen LogP contribution is 2.27. The third kappa shape index (κ3) is 3.15. The van der Waals surface area contributed by atoms with Gasteiger partial charge in [-0.05, 0) is 25.7 Å². The van der Waals surface area contributed by atoms with Crippen LogP contribution in [0.4, 0.5) is 4.79 Å². The molecule has 1 saturated heterocycles. The molecule has 2 aliphatic rings. The highest BCUT2D eigenvalue weighted by atomic mass is 16.5. The molecule has 0 radical (unpaired) electrons. The fourth-order valence-electron chi connectivity index (χ4n) is 2.90. The Kier molecular flexibility index (Phi) is 4.44. The van der Waals surface area contributed by atoms with Crippen molar-refractivity contribution in [2.24, 2.45) is 5.92 Å². The minimum atomic E-state index is -0.379. The maximum atomic E-state index is 12.2. The summed E-state index contributed by atoms with van der Waals surface area (Å²) >= 11 is 0. The number of piperidine rings is 1. The molecule has 18 heavy (non-hydrogen) atoms. The summed E-state index contributed by atoms with van der Waals surface area (Å²) in [5, 5.41) is 2.80. The van der Waals surface area contributed by atoms with E-state index in [1.165, 1.54) is 20.0 Å². The number of alkyl carbamates (subject to hydrolysis) is 1. The molecule has 102 valence electrons. The van der Waals surface area contributed by atoms with E-state index in [2.05, 4.69) is 10.1 Å². The van der Waals surface area contributed by atoms with E-state index in [0.29, 0.717) is 5.91 Å². The lowest BCUT2D eigenvalue weighted by atomic mass is 10.0. The molecular formula is C13H22N2O3. The second-order valence-electron chi connectivity index (χ2n) is 5.22. The first-order valence-electron chi connectivity index (χ1n) is 6.84. The third-order valence-electron chi connectivity index (χ3n) is 4.02. The number of methoxy groups -OCH3 is 1. The van der Waals surface area contributed by atoms with E-state index >= 15 is 0 Å². The quantitative estimate of drug-likeness (QED) is 0.813. The van der Waals surface area contributed by atoms with Gasteiger partial charge in [-0.15, -0.1) is 0 Å². The molecule has 1 saturated carbocycles. The van der Waals surface area contributed by atoms with E-state index in [-0.39, 0.29) is 18.1 Å². The number of rotatable bonds is 2. The molecule has 2 fully saturated rings. The smallest absolute Gasteiger partial charge is 0.407 e. The topological polar surface area (TPSA) is 58.6 Å². The summed E-state index contributed by atoms with van der Waals surface area (Å²) in [6.07, 6.45) is 5.77. The summed E-state index contributed by atoms with van der Waals surface area (Å²) in [6.45, 7) is 1.51. The third-order valence-corrected chi connectivity index (χ3v) is 4.02. The van der Waals surface area contributed by atoms with E-state index in [0.717, 1.165) is 38.8 Å². The maximum absolute atomic E-state index is 12.2. The number of ether oxygens (including phenoxy) is 1. The van der Waals surface area contributed by atoms with E-state index < -0.39 is 0 Å². The largest absolute Gasteiger partial charge is 0.453 e. The average molecular weight is 254 g/mol. The molecular weight excluding hydrogens is 232 g/mol. The van der Waals surface area contributed by atoms with Crippen molar-refractivity contribution in [3.63, 3.8) is 0 Å². The molecule has 0 aromatic heterocycles. The minimum absolute atomic E-state index is 0.144. The molecule has 0 aromatic carbocycles. The molecule has 0 atom stereocenters. The number of nitrogens with one attached hydrogen (secondary N) is 1. The first-order valence-corrected chi connectivity index (χ1v) is 6.84. The molecule has 1 aliphatic heterocycles. The lowest BCUT2D eigenvalue weighted by Crippen LogP contribution is -2.47. The molecule has 1 heterocycles. The molecule has 0 spiro atoms. The summed E-state index contributed by atoms with van der Waals surface area (Å²) in [5.41, 5.74) is 0. The lowest BCUT2D eigenvalue weighted by Gasteiger charge is -2.33. The van der Waals surface area contributed by atoms with Crippen LogP contribution in [0.5, 0.6) is 0 Å². The number of hydrogen-bond donors (Lipinski definition) is 1. The van der Waals surface area contributed by atoms with Crippen molar-refractivity contribution in [2.45, 2.75) is 44.6 Å². The first kappa shape index (κ1) is 13.2. The monoisotopic (exact) mass is 254 g/mol. The van der Waals surface area contributed by atoms with E-state index in [4.69, 9.17) is 0 Å². The van der Waals surface area contributed by atoms with E-state index in [9.17, 15) is 9.59 Å². The van der Waals surface area contributed by atoms with Crippen LogP contribution in [0.3, 0.4) is 0 Å². The van der Waals surface area contributed by atoms with Crippen LogP contribution in [-0.2, 0) is 9.53 Å². The van der Waals surface area contributed by atoms with Crippen molar-refractivity contribution >= 4 is 12.0 Å². The molecule has 5 nitrogen and oxygen atoms in total. The van der Waals surface area contributed by atoms with Crippen molar-refractivity contribution in [1.29, 1.82) is 0 Å². The zero-order valence-corrected chi connectivity index (χ0v) is 11.0. The zero-order chi connectivity index (χ0) is 13.0. The molecule has 1 N–H and O–H groups in total. The molecule has 0 bridgehead atoms. The first-order chi connectivity index (χ1) is 8.70. The Hall–Kier alpha value is -1.26. The average Bonchev–Trinajstić information content (AvgIpc) is 2.92. The Morgan fingerprint density at radius 2 is 1.72 bits per heavy atom. The van der Waals surface area contributed by atoms with Crippen molar-refractivity contribution in [1.82, 2.24) is 10.2 Å². The van der Waals surface area contributed by atoms with Crippen LogP contribution in [-0.4, -0.2) is 43.1 Å². The SMILES string of the molecule is COC(=O)NC1CCN(C(=O)C2CCCC2)CC1. The fourth-order valence-corrected chi connectivity index (χ4v) is 2.90. The Morgan fingerprint density at radius 3 is 2.28 bits per heavy atom. The van der Waals surface area contributed by atoms with Crippen molar-refractivity contribution in [3.05, 3.63) is 0 Å². The second kappa shape index (κ2) is 6.07. The fraction of sp³-hybridized carbons (Fsp3) is 0.846. The predicted octanol–water partition coefficient (Wildman–Crippen LogP) is 1.52. The van der Waals surface area contributed by atoms with Gasteiger partial charge in [-0.2, -0.15) is 0 Å². The highest BCUT2D eigenvalue weighted by molar-refractivity contribution is 5.79. The summed E-state index contributed by atoms with van der Waals surface area (Å²) in [6, 6.07) is 0.144. The van der Waals surface area contributed by atoms with E-state index in [1.807, 2.05) is 4.90 Å². The van der Waals surface area contributed by atoms with Gasteiger partial charge >= 0.3 is 6.09 Å². The van der Waals surface area contributed by atoms with Crippen LogP contribution in [0.2, 0.25) is 0 Å². The lowest BCUT2D eigenvalue weighted by molar-refractivity contribution is -0.136. The van der Waals surface area contributed by atoms with Crippen molar-refractivity contribution in [2.75, 3.05) is 20.2 Å². The molecule has 5 heteroatoms. The Morgan fingerprint density at radius 1 is 1.11 bits per heavy atom. The minimum Gasteiger partial charge on any atom is -0.453 e. The Balaban J connectivity index is 1.75. The van der Waals surface area contributed by atoms with Crippen molar-refractivity contribution in [3.8, 4) is 0 Å². The number of likely N-dealkylation sites (tertiary alicyclic amines) is 1. The highest BCUT2D eigenvalue weighted by Gasteiger charge is 2.30. The molecule has 0 unspecified atom stereocenters. The van der Waals surface area contributed by atoms with Gasteiger partial charge in [-0.1, -0.05) is 12.8 Å². The molecule has 2 rings (SSSR count). The molecule has 2 amide bonds. The number of amides is 2. The Labute approximate surface area is 108 Å². The van der Waals surface area contributed by atoms with Gasteiger partial charge in [-0.3, -0.25) is 4.79 Å². The molecule has 1 aliphatic carbocycles. The van der Waals surface area contributed by atoms with Crippen LogP contribution in [0, 0.1) is 5.92 Å². The summed E-state index contributed by atoms with van der Waals surface area (Å²) in [5.74, 6) is 0.583. The summed E-state index contributed by atoms with van der Waals surface area (Å²) < 4.78 is 4.58. The predicted molar refractivity (Wildman–Crippen MR) is 67.1 cm³/mol. The van der Waals surface area contributed by atoms with Crippen LogP contribution in [0.15, 0.2) is 0 Å². The van der Waals surface area contributed by atoms with Crippen LogP contribution in [0.25, 0.3) is 0 Å². The zero-order valence-electron chi connectivity index (χ0n) is 11.0. The van der Waals surface area contributed by atoms with Gasteiger partial charge in [0.15, 0.2) is 0 Å². The van der Waals surface area contributed by atoms with Crippen molar-refractivity contribution < 1.29 is 14.3 Å². The van der Waals surface area contributed by atoms with Gasteiger partial charge in [0.2, 0.25) is 5.91 Å². The van der Waals surface area contributed by atoms with Gasteiger partial charge < -0.3 is 15.0 Å². The standard InChI is InChI=1S/C13H22N2O3/c1-18-13(17)14-11-6-8-15(9-7-11)12(16)10-4-2-3-5-10/h10-11H,2-9H2,1H3,(H,14,17). The molecule has 0 aromatic rings. The van der Waals surface area contributed by atoms with Gasteiger partial charge in [0.25, 0.3) is 0 Å². The maximum Gasteiger partial charge on any atom is 0.407 e. The second-order valence-corrected chi connectivity index (χ2v) is 5.22. The van der Waals surface area contributed by atoms with Crippen LogP contribution >= 0.6 is 0 Å². The number of carbonyl (C=O) groups is 2. The summed E-state index contributed by atoms with van der Waals surface area (Å²) in [4.78, 5) is 25.3. The van der Waals surface area contributed by atoms with Gasteiger partial charge in [0, 0.05) is 25.0 Å². The number of carbonyl (C=O) groups excluding carboxylic acids is 2. The van der Waals surface area contributed by atoms with E-state index in [1.54, 1.807) is 0 Å². The summed E-state index contributed by atoms with van der Waals surface area (Å²) in [7, 11) is 1.37. The van der Waals surface area contributed by atoms with Crippen LogP contribution in [0.1, 0.15) is 38.5 Å². The number of hydrogen-bond acceptors (Lipinski definition) is 3. The van der Waals surface area contributed by atoms with Gasteiger partial charge in [0.05, 0.1) is 7.11 Å². The normalized spacial score (nSPS) is 21.9. The van der Waals surface area contributed by atoms with Gasteiger partial charge in [-0.25, -0.2) is 4.79 Å². The van der Waals surface area contributed by atoms with Gasteiger partial charge in [0.1, 0.15) is 0 Å². The Bertz CT molecular complexity index is 305. The number of nitrogens with zero attached hydrogens (tertiary/aromatic N) is 1. The van der Waals surface area contributed by atoms with Crippen LogP contribution < -0.4 is 5.32 Å².